The first kappa shape index (κ1) is 17.8. The second kappa shape index (κ2) is 7.83. The molecule has 1 aromatic heterocycles. The molecule has 2 rings (SSSR count). The first-order valence-corrected chi connectivity index (χ1v) is 7.68. The minimum Gasteiger partial charge on any atom is -0.484 e. The zero-order chi connectivity index (χ0) is 17.7. The number of ether oxygens (including phenoxy) is 1. The van der Waals surface area contributed by atoms with Crippen LogP contribution in [0.5, 0.6) is 5.75 Å². The van der Waals surface area contributed by atoms with Crippen LogP contribution in [-0.2, 0) is 6.61 Å². The van der Waals surface area contributed by atoms with E-state index in [1.54, 1.807) is 12.1 Å². The molecule has 7 nitrogen and oxygen atoms in total. The maximum absolute atomic E-state index is 11.9. The van der Waals surface area contributed by atoms with Gasteiger partial charge in [-0.15, -0.1) is 0 Å². The molecule has 1 N–H and O–H groups in total. The zero-order valence-corrected chi connectivity index (χ0v) is 14.0. The highest BCUT2D eigenvalue weighted by atomic mass is 35.5. The van der Waals surface area contributed by atoms with Crippen LogP contribution in [0.3, 0.4) is 0 Å². The van der Waals surface area contributed by atoms with Crippen molar-refractivity contribution in [2.24, 2.45) is 5.92 Å². The molecule has 1 aromatic carbocycles. The monoisotopic (exact) mass is 352 g/mol. The molecular weight excluding hydrogens is 336 g/mol. The Bertz CT molecular complexity index is 742. The van der Waals surface area contributed by atoms with Gasteiger partial charge in [0.05, 0.1) is 16.0 Å². The Kier molecular flexibility index (Phi) is 5.81. The number of nitro benzene ring substituents is 1. The lowest BCUT2D eigenvalue weighted by Gasteiger charge is -2.07. The smallest absolute Gasteiger partial charge is 0.287 e. The van der Waals surface area contributed by atoms with Crippen molar-refractivity contribution in [2.75, 3.05) is 6.54 Å². The van der Waals surface area contributed by atoms with E-state index in [0.29, 0.717) is 18.2 Å². The molecule has 0 fully saturated rings. The van der Waals surface area contributed by atoms with Crippen LogP contribution in [0.1, 0.15) is 30.2 Å². The van der Waals surface area contributed by atoms with Gasteiger partial charge >= 0.3 is 0 Å². The Balaban J connectivity index is 1.99. The highest BCUT2D eigenvalue weighted by molar-refractivity contribution is 6.32. The molecule has 1 amide bonds. The van der Waals surface area contributed by atoms with E-state index in [1.807, 2.05) is 13.8 Å². The number of amides is 1. The van der Waals surface area contributed by atoms with E-state index in [1.165, 1.54) is 18.2 Å². The maximum atomic E-state index is 11.9. The van der Waals surface area contributed by atoms with Gasteiger partial charge in [0, 0.05) is 12.6 Å². The average Bonchev–Trinajstić information content (AvgIpc) is 3.00. The Labute approximate surface area is 143 Å². The average molecular weight is 353 g/mol. The molecule has 0 spiro atoms. The Hall–Kier alpha value is -2.54. The number of rotatable bonds is 7. The van der Waals surface area contributed by atoms with Crippen LogP contribution in [0, 0.1) is 16.0 Å². The second-order valence-electron chi connectivity index (χ2n) is 5.53. The highest BCUT2D eigenvalue weighted by Crippen LogP contribution is 2.29. The number of non-ortho nitro benzene ring substituents is 1. The molecule has 1 heterocycles. The van der Waals surface area contributed by atoms with E-state index in [2.05, 4.69) is 5.32 Å². The third-order valence-electron chi connectivity index (χ3n) is 3.05. The van der Waals surface area contributed by atoms with Crippen LogP contribution in [0.15, 0.2) is 34.7 Å². The number of hydrogen-bond acceptors (Lipinski definition) is 5. The first-order valence-electron chi connectivity index (χ1n) is 7.30. The van der Waals surface area contributed by atoms with Crippen molar-refractivity contribution in [3.05, 3.63) is 57.0 Å². The van der Waals surface area contributed by atoms with Crippen LogP contribution in [0.4, 0.5) is 5.69 Å². The van der Waals surface area contributed by atoms with Gasteiger partial charge in [-0.1, -0.05) is 25.4 Å². The molecule has 8 heteroatoms. The summed E-state index contributed by atoms with van der Waals surface area (Å²) in [6.45, 7) is 4.53. The van der Waals surface area contributed by atoms with Crippen molar-refractivity contribution in [1.82, 2.24) is 5.32 Å². The van der Waals surface area contributed by atoms with E-state index in [-0.39, 0.29) is 34.7 Å². The number of carbonyl (C=O) groups is 1. The summed E-state index contributed by atoms with van der Waals surface area (Å²) in [5.41, 5.74) is -0.123. The number of furan rings is 1. The number of halogens is 1. The fourth-order valence-electron chi connectivity index (χ4n) is 1.83. The third-order valence-corrected chi connectivity index (χ3v) is 3.36. The summed E-state index contributed by atoms with van der Waals surface area (Å²) in [6, 6.07) is 7.07. The Morgan fingerprint density at radius 1 is 1.38 bits per heavy atom. The summed E-state index contributed by atoms with van der Waals surface area (Å²) in [5, 5.41) is 13.8. The molecule has 0 unspecified atom stereocenters. The lowest BCUT2D eigenvalue weighted by atomic mass is 10.2. The normalized spacial score (nSPS) is 10.7. The standard InChI is InChI=1S/C16H17ClN2O5/c1-10(2)8-18-16(20)14-6-4-12(24-14)9-23-15-7-11(19(21)22)3-5-13(15)17/h3-7,10H,8-9H2,1-2H3,(H,18,20). The van der Waals surface area contributed by atoms with E-state index in [4.69, 9.17) is 20.8 Å². The Morgan fingerprint density at radius 3 is 2.79 bits per heavy atom. The SMILES string of the molecule is CC(C)CNC(=O)c1ccc(COc2cc([N+](=O)[O-])ccc2Cl)o1. The van der Waals surface area contributed by atoms with Gasteiger partial charge in [0.1, 0.15) is 18.1 Å². The van der Waals surface area contributed by atoms with Crippen LogP contribution >= 0.6 is 11.6 Å². The van der Waals surface area contributed by atoms with Crippen molar-refractivity contribution in [3.8, 4) is 5.75 Å². The quantitative estimate of drug-likeness (QED) is 0.604. The van der Waals surface area contributed by atoms with Crippen molar-refractivity contribution in [1.29, 1.82) is 0 Å². The maximum Gasteiger partial charge on any atom is 0.287 e. The fourth-order valence-corrected chi connectivity index (χ4v) is 2.00. The molecule has 0 aliphatic heterocycles. The van der Waals surface area contributed by atoms with Gasteiger partial charge in [0.2, 0.25) is 0 Å². The summed E-state index contributed by atoms with van der Waals surface area (Å²) >= 11 is 5.95. The molecule has 0 saturated carbocycles. The molecule has 0 bridgehead atoms. The van der Waals surface area contributed by atoms with Crippen molar-refractivity contribution >= 4 is 23.2 Å². The molecule has 0 atom stereocenters. The number of nitrogens with zero attached hydrogens (tertiary/aromatic N) is 1. The van der Waals surface area contributed by atoms with Gasteiger partial charge in [-0.25, -0.2) is 0 Å². The van der Waals surface area contributed by atoms with E-state index >= 15 is 0 Å². The van der Waals surface area contributed by atoms with Crippen molar-refractivity contribution in [3.63, 3.8) is 0 Å². The molecular formula is C16H17ClN2O5. The summed E-state index contributed by atoms with van der Waals surface area (Å²) in [7, 11) is 0. The number of carbonyl (C=O) groups excluding carboxylic acids is 1. The minimum atomic E-state index is -0.534. The molecule has 0 aliphatic rings. The summed E-state index contributed by atoms with van der Waals surface area (Å²) < 4.78 is 10.8. The van der Waals surface area contributed by atoms with Gasteiger partial charge in [0.25, 0.3) is 11.6 Å². The molecule has 24 heavy (non-hydrogen) atoms. The largest absolute Gasteiger partial charge is 0.484 e. The summed E-state index contributed by atoms with van der Waals surface area (Å²) in [5.74, 6) is 0.797. The van der Waals surface area contributed by atoms with Gasteiger partial charge in [0.15, 0.2) is 5.76 Å². The van der Waals surface area contributed by atoms with Crippen LogP contribution in [-0.4, -0.2) is 17.4 Å². The van der Waals surface area contributed by atoms with Gasteiger partial charge in [-0.3, -0.25) is 14.9 Å². The van der Waals surface area contributed by atoms with Gasteiger partial charge in [-0.2, -0.15) is 0 Å². The topological polar surface area (TPSA) is 94.6 Å². The fraction of sp³-hybridized carbons (Fsp3) is 0.312. The lowest BCUT2D eigenvalue weighted by Crippen LogP contribution is -2.26. The second-order valence-corrected chi connectivity index (χ2v) is 5.94. The number of nitro groups is 1. The highest BCUT2D eigenvalue weighted by Gasteiger charge is 2.14. The number of benzene rings is 1. The van der Waals surface area contributed by atoms with E-state index in [0.717, 1.165) is 0 Å². The Morgan fingerprint density at radius 2 is 2.12 bits per heavy atom. The minimum absolute atomic E-state index is 0.00164. The van der Waals surface area contributed by atoms with E-state index in [9.17, 15) is 14.9 Å². The number of hydrogen-bond donors (Lipinski definition) is 1. The third kappa shape index (κ3) is 4.73. The molecule has 2 aromatic rings. The number of nitrogens with one attached hydrogen (secondary N) is 1. The summed E-state index contributed by atoms with van der Waals surface area (Å²) in [4.78, 5) is 22.1. The van der Waals surface area contributed by atoms with E-state index < -0.39 is 4.92 Å². The zero-order valence-electron chi connectivity index (χ0n) is 13.2. The molecule has 0 saturated heterocycles. The summed E-state index contributed by atoms with van der Waals surface area (Å²) in [6.07, 6.45) is 0. The van der Waals surface area contributed by atoms with Crippen molar-refractivity contribution in [2.45, 2.75) is 20.5 Å². The van der Waals surface area contributed by atoms with Gasteiger partial charge in [-0.05, 0) is 24.1 Å². The van der Waals surface area contributed by atoms with Crippen molar-refractivity contribution < 1.29 is 18.9 Å². The predicted octanol–water partition coefficient (Wildman–Crippen LogP) is 3.81. The van der Waals surface area contributed by atoms with Crippen LogP contribution < -0.4 is 10.1 Å². The van der Waals surface area contributed by atoms with Crippen LogP contribution in [0.2, 0.25) is 5.02 Å². The molecule has 128 valence electrons. The first-order chi connectivity index (χ1) is 11.4. The van der Waals surface area contributed by atoms with Crippen LogP contribution in [0.25, 0.3) is 0 Å². The predicted molar refractivity (Wildman–Crippen MR) is 88.3 cm³/mol. The molecule has 0 aliphatic carbocycles. The lowest BCUT2D eigenvalue weighted by molar-refractivity contribution is -0.384. The van der Waals surface area contributed by atoms with Gasteiger partial charge < -0.3 is 14.5 Å². The molecule has 0 radical (unpaired) electrons.